The number of rotatable bonds is 9. The number of hydrogen-bond donors (Lipinski definition) is 0. The summed E-state index contributed by atoms with van der Waals surface area (Å²) in [6, 6.07) is 0.928. The molecule has 0 aromatic carbocycles. The van der Waals surface area contributed by atoms with Crippen molar-refractivity contribution in [2.75, 3.05) is 13.1 Å². The van der Waals surface area contributed by atoms with Crippen LogP contribution >= 0.6 is 0 Å². The van der Waals surface area contributed by atoms with E-state index in [1.165, 1.54) is 83.7 Å². The lowest BCUT2D eigenvalue weighted by molar-refractivity contribution is 0.150. The molecule has 0 saturated heterocycles. The van der Waals surface area contributed by atoms with Crippen molar-refractivity contribution in [1.82, 2.24) is 4.90 Å². The molecule has 0 bridgehead atoms. The summed E-state index contributed by atoms with van der Waals surface area (Å²) < 4.78 is 0. The van der Waals surface area contributed by atoms with Crippen LogP contribution in [0.15, 0.2) is 0 Å². The SMILES string of the molecule is CCCCCN(CCCCC)C1CCCCC1. The molecule has 0 radical (unpaired) electrons. The maximum absolute atomic E-state index is 2.82. The molecule has 0 N–H and O–H groups in total. The summed E-state index contributed by atoms with van der Waals surface area (Å²) in [5.74, 6) is 0. The first-order valence-corrected chi connectivity index (χ1v) is 8.12. The second-order valence-corrected chi connectivity index (χ2v) is 5.74. The van der Waals surface area contributed by atoms with Gasteiger partial charge in [0.15, 0.2) is 0 Å². The van der Waals surface area contributed by atoms with Crippen molar-refractivity contribution in [3.05, 3.63) is 0 Å². The van der Waals surface area contributed by atoms with Gasteiger partial charge in [0.05, 0.1) is 0 Å². The number of unbranched alkanes of at least 4 members (excludes halogenated alkanes) is 4. The normalized spacial score (nSPS) is 17.8. The Morgan fingerprint density at radius 2 is 1.29 bits per heavy atom. The highest BCUT2D eigenvalue weighted by molar-refractivity contribution is 4.75. The van der Waals surface area contributed by atoms with Crippen LogP contribution in [-0.2, 0) is 0 Å². The Morgan fingerprint density at radius 1 is 0.765 bits per heavy atom. The van der Waals surface area contributed by atoms with E-state index in [1.54, 1.807) is 0 Å². The fraction of sp³-hybridized carbons (Fsp3) is 1.00. The van der Waals surface area contributed by atoms with Crippen LogP contribution in [0.5, 0.6) is 0 Å². The molecule has 0 aromatic heterocycles. The first kappa shape index (κ1) is 15.0. The summed E-state index contributed by atoms with van der Waals surface area (Å²) in [6.45, 7) is 7.34. The molecule has 0 amide bonds. The fourth-order valence-corrected chi connectivity index (χ4v) is 3.05. The zero-order chi connectivity index (χ0) is 12.3. The van der Waals surface area contributed by atoms with Gasteiger partial charge < -0.3 is 4.90 Å². The number of nitrogens with zero attached hydrogens (tertiary/aromatic N) is 1. The van der Waals surface area contributed by atoms with Crippen molar-refractivity contribution < 1.29 is 0 Å². The summed E-state index contributed by atoms with van der Waals surface area (Å²) in [5, 5.41) is 0. The Bertz CT molecular complexity index is 151. The van der Waals surface area contributed by atoms with Crippen molar-refractivity contribution in [2.45, 2.75) is 90.5 Å². The monoisotopic (exact) mass is 239 g/mol. The highest BCUT2D eigenvalue weighted by atomic mass is 15.1. The van der Waals surface area contributed by atoms with E-state index in [2.05, 4.69) is 18.7 Å². The molecule has 0 unspecified atom stereocenters. The van der Waals surface area contributed by atoms with E-state index in [4.69, 9.17) is 0 Å². The van der Waals surface area contributed by atoms with Crippen LogP contribution in [0.4, 0.5) is 0 Å². The lowest BCUT2D eigenvalue weighted by Crippen LogP contribution is -2.38. The summed E-state index contributed by atoms with van der Waals surface area (Å²) in [6.07, 6.45) is 15.7. The Hall–Kier alpha value is -0.0400. The minimum absolute atomic E-state index is 0.928. The van der Waals surface area contributed by atoms with Crippen LogP contribution < -0.4 is 0 Å². The van der Waals surface area contributed by atoms with Crippen LogP contribution in [0.2, 0.25) is 0 Å². The third-order valence-corrected chi connectivity index (χ3v) is 4.19. The van der Waals surface area contributed by atoms with Gasteiger partial charge in [-0.2, -0.15) is 0 Å². The molecule has 0 aliphatic heterocycles. The fourth-order valence-electron chi connectivity index (χ4n) is 3.05. The molecule has 17 heavy (non-hydrogen) atoms. The van der Waals surface area contributed by atoms with E-state index in [9.17, 15) is 0 Å². The zero-order valence-corrected chi connectivity index (χ0v) is 12.2. The first-order chi connectivity index (χ1) is 8.38. The van der Waals surface area contributed by atoms with Gasteiger partial charge in [-0.15, -0.1) is 0 Å². The largest absolute Gasteiger partial charge is 0.300 e. The van der Waals surface area contributed by atoms with Crippen LogP contribution in [-0.4, -0.2) is 24.0 Å². The van der Waals surface area contributed by atoms with Crippen molar-refractivity contribution in [2.24, 2.45) is 0 Å². The number of hydrogen-bond acceptors (Lipinski definition) is 1. The highest BCUT2D eigenvalue weighted by Crippen LogP contribution is 2.23. The van der Waals surface area contributed by atoms with Gasteiger partial charge in [-0.05, 0) is 38.8 Å². The molecule has 0 heterocycles. The molecule has 1 nitrogen and oxygen atoms in total. The van der Waals surface area contributed by atoms with Crippen molar-refractivity contribution in [1.29, 1.82) is 0 Å². The molecule has 0 spiro atoms. The third kappa shape index (κ3) is 6.45. The smallest absolute Gasteiger partial charge is 0.00952 e. The zero-order valence-electron chi connectivity index (χ0n) is 12.2. The van der Waals surface area contributed by atoms with E-state index in [1.807, 2.05) is 0 Å². The molecule has 0 aromatic rings. The van der Waals surface area contributed by atoms with Gasteiger partial charge in [0.2, 0.25) is 0 Å². The van der Waals surface area contributed by atoms with Gasteiger partial charge in [0.25, 0.3) is 0 Å². The van der Waals surface area contributed by atoms with Gasteiger partial charge >= 0.3 is 0 Å². The predicted molar refractivity (Wildman–Crippen MR) is 77.5 cm³/mol. The molecule has 1 aliphatic rings. The maximum Gasteiger partial charge on any atom is 0.00952 e. The second kappa shape index (κ2) is 9.94. The summed E-state index contributed by atoms with van der Waals surface area (Å²) >= 11 is 0. The van der Waals surface area contributed by atoms with Gasteiger partial charge in [-0.3, -0.25) is 0 Å². The van der Waals surface area contributed by atoms with E-state index in [0.29, 0.717) is 0 Å². The molecule has 1 fully saturated rings. The Morgan fingerprint density at radius 3 is 1.76 bits per heavy atom. The minimum atomic E-state index is 0.928. The van der Waals surface area contributed by atoms with E-state index >= 15 is 0 Å². The van der Waals surface area contributed by atoms with Crippen LogP contribution in [0.25, 0.3) is 0 Å². The quantitative estimate of drug-likeness (QED) is 0.512. The Balaban J connectivity index is 2.27. The minimum Gasteiger partial charge on any atom is -0.300 e. The van der Waals surface area contributed by atoms with Crippen LogP contribution in [0.3, 0.4) is 0 Å². The van der Waals surface area contributed by atoms with Crippen molar-refractivity contribution in [3.8, 4) is 0 Å². The van der Waals surface area contributed by atoms with Gasteiger partial charge in [0.1, 0.15) is 0 Å². The van der Waals surface area contributed by atoms with Gasteiger partial charge in [0, 0.05) is 6.04 Å². The Kier molecular flexibility index (Phi) is 8.78. The average Bonchev–Trinajstić information content (AvgIpc) is 2.38. The van der Waals surface area contributed by atoms with Crippen LogP contribution in [0, 0.1) is 0 Å². The third-order valence-electron chi connectivity index (χ3n) is 4.19. The molecule has 1 saturated carbocycles. The summed E-state index contributed by atoms with van der Waals surface area (Å²) in [5.41, 5.74) is 0. The first-order valence-electron chi connectivity index (χ1n) is 8.12. The topological polar surface area (TPSA) is 3.24 Å². The van der Waals surface area contributed by atoms with E-state index in [-0.39, 0.29) is 0 Å². The molecule has 1 aliphatic carbocycles. The van der Waals surface area contributed by atoms with E-state index < -0.39 is 0 Å². The predicted octanol–water partition coefficient (Wildman–Crippen LogP) is 5.00. The van der Waals surface area contributed by atoms with Gasteiger partial charge in [-0.1, -0.05) is 58.8 Å². The molecule has 1 heteroatoms. The molecule has 1 rings (SSSR count). The average molecular weight is 239 g/mol. The Labute approximate surface area is 109 Å². The molecule has 102 valence electrons. The highest BCUT2D eigenvalue weighted by Gasteiger charge is 2.19. The summed E-state index contributed by atoms with van der Waals surface area (Å²) in [7, 11) is 0. The van der Waals surface area contributed by atoms with Crippen LogP contribution in [0.1, 0.15) is 84.5 Å². The lowest BCUT2D eigenvalue weighted by Gasteiger charge is -2.34. The van der Waals surface area contributed by atoms with Gasteiger partial charge in [-0.25, -0.2) is 0 Å². The van der Waals surface area contributed by atoms with Crippen molar-refractivity contribution >= 4 is 0 Å². The maximum atomic E-state index is 2.82. The van der Waals surface area contributed by atoms with Crippen molar-refractivity contribution in [3.63, 3.8) is 0 Å². The lowest BCUT2D eigenvalue weighted by atomic mass is 9.93. The standard InChI is InChI=1S/C16H33N/c1-3-5-10-14-17(15-11-6-4-2)16-12-8-7-9-13-16/h16H,3-15H2,1-2H3. The van der Waals surface area contributed by atoms with E-state index in [0.717, 1.165) is 6.04 Å². The molecule has 0 atom stereocenters. The summed E-state index contributed by atoms with van der Waals surface area (Å²) in [4.78, 5) is 2.82. The molecular weight excluding hydrogens is 206 g/mol. The molecular formula is C16H33N. The second-order valence-electron chi connectivity index (χ2n) is 5.74.